The summed E-state index contributed by atoms with van der Waals surface area (Å²) in [7, 11) is -3.55. The van der Waals surface area contributed by atoms with Gasteiger partial charge < -0.3 is 5.32 Å². The van der Waals surface area contributed by atoms with E-state index in [0.29, 0.717) is 29.0 Å². The summed E-state index contributed by atoms with van der Waals surface area (Å²) in [4.78, 5) is 24.7. The van der Waals surface area contributed by atoms with Crippen molar-refractivity contribution in [1.82, 2.24) is 8.87 Å². The van der Waals surface area contributed by atoms with Crippen LogP contribution >= 0.6 is 11.3 Å². The molecule has 2 aromatic carbocycles. The minimum absolute atomic E-state index is 0.134. The van der Waals surface area contributed by atoms with Crippen molar-refractivity contribution in [2.45, 2.75) is 31.2 Å². The van der Waals surface area contributed by atoms with Gasteiger partial charge >= 0.3 is 4.87 Å². The molecule has 1 aliphatic heterocycles. The number of amides is 1. The molecule has 3 aromatic rings. The van der Waals surface area contributed by atoms with Crippen molar-refractivity contribution in [3.05, 3.63) is 57.7 Å². The fourth-order valence-electron chi connectivity index (χ4n) is 3.50. The van der Waals surface area contributed by atoms with Crippen LogP contribution in [0, 0.1) is 6.92 Å². The zero-order chi connectivity index (χ0) is 20.6. The van der Waals surface area contributed by atoms with E-state index < -0.39 is 10.0 Å². The minimum atomic E-state index is -3.55. The van der Waals surface area contributed by atoms with Crippen LogP contribution in [-0.4, -0.2) is 36.3 Å². The third-order valence-corrected chi connectivity index (χ3v) is 7.78. The van der Waals surface area contributed by atoms with Gasteiger partial charge in [-0.25, -0.2) is 8.42 Å². The normalized spacial score (nSPS) is 15.1. The van der Waals surface area contributed by atoms with Crippen LogP contribution in [0.3, 0.4) is 0 Å². The van der Waals surface area contributed by atoms with Gasteiger partial charge in [0.2, 0.25) is 15.9 Å². The lowest BCUT2D eigenvalue weighted by atomic mass is 10.2. The summed E-state index contributed by atoms with van der Waals surface area (Å²) < 4.78 is 28.9. The summed E-state index contributed by atoms with van der Waals surface area (Å²) in [6.45, 7) is 2.85. The third-order valence-electron chi connectivity index (χ3n) is 4.95. The fourth-order valence-corrected chi connectivity index (χ4v) is 6.05. The number of nitrogens with zero attached hydrogens (tertiary/aromatic N) is 2. The van der Waals surface area contributed by atoms with Crippen LogP contribution in [0.5, 0.6) is 0 Å². The van der Waals surface area contributed by atoms with E-state index in [2.05, 4.69) is 5.32 Å². The molecule has 1 aromatic heterocycles. The molecular weight excluding hydrogens is 410 g/mol. The highest BCUT2D eigenvalue weighted by Crippen LogP contribution is 2.26. The molecule has 1 N–H and O–H groups in total. The highest BCUT2D eigenvalue weighted by Gasteiger charge is 2.27. The Morgan fingerprint density at radius 3 is 2.62 bits per heavy atom. The summed E-state index contributed by atoms with van der Waals surface area (Å²) in [6.07, 6.45) is 1.72. The Bertz CT molecular complexity index is 1240. The number of sulfonamides is 1. The zero-order valence-electron chi connectivity index (χ0n) is 15.9. The molecule has 0 unspecified atom stereocenters. The molecule has 4 rings (SSSR count). The van der Waals surface area contributed by atoms with E-state index in [9.17, 15) is 18.0 Å². The molecule has 2 heterocycles. The molecule has 1 saturated heterocycles. The SMILES string of the molecule is Cc1cccc(NC(=O)Cn2c(=O)sc3cc(S(=O)(=O)N4CCCC4)ccc32)c1. The maximum atomic E-state index is 12.8. The molecule has 9 heteroatoms. The number of aromatic nitrogens is 1. The monoisotopic (exact) mass is 431 g/mol. The third kappa shape index (κ3) is 3.98. The highest BCUT2D eigenvalue weighted by atomic mass is 32.2. The second-order valence-corrected chi connectivity index (χ2v) is 10.0. The first-order valence-electron chi connectivity index (χ1n) is 9.35. The lowest BCUT2D eigenvalue weighted by Gasteiger charge is -2.15. The number of aryl methyl sites for hydroxylation is 1. The summed E-state index contributed by atoms with van der Waals surface area (Å²) in [6, 6.07) is 12.1. The lowest BCUT2D eigenvalue weighted by molar-refractivity contribution is -0.116. The quantitative estimate of drug-likeness (QED) is 0.673. The Balaban J connectivity index is 1.60. The van der Waals surface area contributed by atoms with Crippen LogP contribution in [0.4, 0.5) is 5.69 Å². The van der Waals surface area contributed by atoms with Crippen molar-refractivity contribution in [3.8, 4) is 0 Å². The van der Waals surface area contributed by atoms with Crippen molar-refractivity contribution < 1.29 is 13.2 Å². The molecule has 0 radical (unpaired) electrons. The number of hydrogen-bond donors (Lipinski definition) is 1. The second kappa shape index (κ2) is 7.74. The number of rotatable bonds is 5. The molecule has 152 valence electrons. The average Bonchev–Trinajstić information content (AvgIpc) is 3.30. The first kappa shape index (κ1) is 19.8. The standard InChI is InChI=1S/C20H21N3O4S2/c1-14-5-4-6-15(11-14)21-19(24)13-23-17-8-7-16(12-18(17)28-20(23)25)29(26,27)22-9-2-3-10-22/h4-8,11-12H,2-3,9-10,13H2,1H3,(H,21,24). The maximum absolute atomic E-state index is 12.8. The molecule has 0 saturated carbocycles. The van der Waals surface area contributed by atoms with E-state index in [4.69, 9.17) is 0 Å². The number of nitrogens with one attached hydrogen (secondary N) is 1. The van der Waals surface area contributed by atoms with Gasteiger partial charge in [-0.05, 0) is 55.7 Å². The number of carbonyl (C=O) groups excluding carboxylic acids is 1. The van der Waals surface area contributed by atoms with Gasteiger partial charge in [-0.1, -0.05) is 23.5 Å². The number of fused-ring (bicyclic) bond motifs is 1. The molecule has 1 aliphatic rings. The van der Waals surface area contributed by atoms with Crippen LogP contribution < -0.4 is 10.2 Å². The van der Waals surface area contributed by atoms with Crippen LogP contribution in [0.15, 0.2) is 52.2 Å². The zero-order valence-corrected chi connectivity index (χ0v) is 17.6. The molecular formula is C20H21N3O4S2. The van der Waals surface area contributed by atoms with Crippen LogP contribution in [0.25, 0.3) is 10.2 Å². The smallest absolute Gasteiger partial charge is 0.308 e. The Morgan fingerprint density at radius 2 is 1.90 bits per heavy atom. The fraction of sp³-hybridized carbons (Fsp3) is 0.300. The van der Waals surface area contributed by atoms with E-state index >= 15 is 0 Å². The van der Waals surface area contributed by atoms with E-state index in [-0.39, 0.29) is 22.2 Å². The van der Waals surface area contributed by atoms with Crippen LogP contribution in [0.1, 0.15) is 18.4 Å². The van der Waals surface area contributed by atoms with Gasteiger partial charge in [0.25, 0.3) is 0 Å². The number of hydrogen-bond acceptors (Lipinski definition) is 5. The van der Waals surface area contributed by atoms with Crippen molar-refractivity contribution in [1.29, 1.82) is 0 Å². The predicted octanol–water partition coefficient (Wildman–Crippen LogP) is 2.79. The van der Waals surface area contributed by atoms with Gasteiger partial charge in [-0.2, -0.15) is 4.31 Å². The van der Waals surface area contributed by atoms with E-state index in [0.717, 1.165) is 29.7 Å². The van der Waals surface area contributed by atoms with Crippen molar-refractivity contribution in [3.63, 3.8) is 0 Å². The van der Waals surface area contributed by atoms with Gasteiger partial charge in [0.05, 0.1) is 15.1 Å². The lowest BCUT2D eigenvalue weighted by Crippen LogP contribution is -2.27. The molecule has 0 atom stereocenters. The summed E-state index contributed by atoms with van der Waals surface area (Å²) in [5.41, 5.74) is 2.24. The van der Waals surface area contributed by atoms with Gasteiger partial charge in [0, 0.05) is 18.8 Å². The summed E-state index contributed by atoms with van der Waals surface area (Å²) in [5, 5.41) is 2.79. The van der Waals surface area contributed by atoms with Gasteiger partial charge in [-0.15, -0.1) is 0 Å². The van der Waals surface area contributed by atoms with Crippen molar-refractivity contribution >= 4 is 43.2 Å². The predicted molar refractivity (Wildman–Crippen MR) is 114 cm³/mol. The molecule has 29 heavy (non-hydrogen) atoms. The first-order chi connectivity index (χ1) is 13.8. The molecule has 0 bridgehead atoms. The number of carbonyl (C=O) groups is 1. The molecule has 7 nitrogen and oxygen atoms in total. The summed E-state index contributed by atoms with van der Waals surface area (Å²) >= 11 is 0.947. The number of benzene rings is 2. The number of thiazole rings is 1. The minimum Gasteiger partial charge on any atom is -0.325 e. The van der Waals surface area contributed by atoms with Gasteiger partial charge in [0.1, 0.15) is 6.54 Å². The van der Waals surface area contributed by atoms with E-state index in [1.54, 1.807) is 12.1 Å². The van der Waals surface area contributed by atoms with E-state index in [1.165, 1.54) is 21.0 Å². The Labute approximate surface area is 172 Å². The van der Waals surface area contributed by atoms with Gasteiger partial charge in [0.15, 0.2) is 0 Å². The van der Waals surface area contributed by atoms with Crippen molar-refractivity contribution in [2.75, 3.05) is 18.4 Å². The second-order valence-electron chi connectivity index (χ2n) is 7.11. The molecule has 1 fully saturated rings. The molecule has 0 spiro atoms. The summed E-state index contributed by atoms with van der Waals surface area (Å²) in [5.74, 6) is -0.314. The highest BCUT2D eigenvalue weighted by molar-refractivity contribution is 7.89. The Morgan fingerprint density at radius 1 is 1.14 bits per heavy atom. The van der Waals surface area contributed by atoms with Crippen LogP contribution in [0.2, 0.25) is 0 Å². The number of anilines is 1. The molecule has 0 aliphatic carbocycles. The largest absolute Gasteiger partial charge is 0.325 e. The first-order valence-corrected chi connectivity index (χ1v) is 11.6. The Hall–Kier alpha value is -2.49. The van der Waals surface area contributed by atoms with Crippen molar-refractivity contribution in [2.24, 2.45) is 0 Å². The topological polar surface area (TPSA) is 88.5 Å². The van der Waals surface area contributed by atoms with E-state index in [1.807, 2.05) is 25.1 Å². The maximum Gasteiger partial charge on any atom is 0.308 e. The molecule has 1 amide bonds. The van der Waals surface area contributed by atoms with Gasteiger partial charge in [-0.3, -0.25) is 14.2 Å². The average molecular weight is 432 g/mol. The van der Waals surface area contributed by atoms with Crippen LogP contribution in [-0.2, 0) is 21.4 Å². The Kier molecular flexibility index (Phi) is 5.28.